The Hall–Kier alpha value is -2.10. The van der Waals surface area contributed by atoms with E-state index < -0.39 is 5.09 Å². The number of hydrogen-bond acceptors (Lipinski definition) is 7. The topological polar surface area (TPSA) is 113 Å². The molecule has 1 N–H and O–H groups in total. The van der Waals surface area contributed by atoms with E-state index in [2.05, 4.69) is 15.0 Å². The lowest BCUT2D eigenvalue weighted by Crippen LogP contribution is -2.66. The van der Waals surface area contributed by atoms with Gasteiger partial charge in [0.15, 0.2) is 0 Å². The Morgan fingerprint density at radius 3 is 2.74 bits per heavy atom. The standard InChI is InChI=1S/C9H16N6O4/c1-8-9(10)19-11-14(8)13-4-2-12(3-5-13)6-7-18-15(16)17/h10H,2-7H2,1H3. The number of hydrogen-bond donors (Lipinski definition) is 0. The molecule has 0 radical (unpaired) electrons. The molecule has 0 bridgehead atoms. The zero-order valence-corrected chi connectivity index (χ0v) is 10.6. The van der Waals surface area contributed by atoms with Crippen molar-refractivity contribution in [3.05, 3.63) is 21.5 Å². The molecule has 19 heavy (non-hydrogen) atoms. The molecule has 1 aliphatic heterocycles. The molecule has 0 amide bonds. The van der Waals surface area contributed by atoms with Crippen LogP contribution in [0.3, 0.4) is 0 Å². The zero-order valence-electron chi connectivity index (χ0n) is 10.6. The third-order valence-electron chi connectivity index (χ3n) is 3.06. The van der Waals surface area contributed by atoms with Gasteiger partial charge < -0.3 is 15.1 Å². The maximum Gasteiger partial charge on any atom is 0.294 e. The lowest BCUT2D eigenvalue weighted by Gasteiger charge is -2.29. The second-order valence-electron chi connectivity index (χ2n) is 4.23. The minimum Gasteiger partial charge on any atom is -0.660 e. The molecule has 10 heteroatoms. The van der Waals surface area contributed by atoms with Crippen molar-refractivity contribution in [2.45, 2.75) is 6.92 Å². The summed E-state index contributed by atoms with van der Waals surface area (Å²) < 4.78 is 4.80. The summed E-state index contributed by atoms with van der Waals surface area (Å²) in [5.41, 5.74) is 8.12. The highest BCUT2D eigenvalue weighted by Crippen LogP contribution is 2.10. The Labute approximate surface area is 109 Å². The SMILES string of the molecule is Cc1c([NH-])on[n+]1N1CCN(CCO[N+](=O)[O-])CC1. The highest BCUT2D eigenvalue weighted by Gasteiger charge is 2.27. The van der Waals surface area contributed by atoms with Crippen LogP contribution in [0, 0.1) is 17.0 Å². The Bertz CT molecular complexity index is 442. The minimum absolute atomic E-state index is 0.0572. The Kier molecular flexibility index (Phi) is 4.00. The summed E-state index contributed by atoms with van der Waals surface area (Å²) in [4.78, 5) is 18.0. The summed E-state index contributed by atoms with van der Waals surface area (Å²) in [7, 11) is 0. The lowest BCUT2D eigenvalue weighted by molar-refractivity contribution is -0.764. The van der Waals surface area contributed by atoms with Gasteiger partial charge in [-0.3, -0.25) is 4.90 Å². The molecule has 0 unspecified atom stereocenters. The van der Waals surface area contributed by atoms with Crippen LogP contribution in [-0.2, 0) is 4.84 Å². The highest BCUT2D eigenvalue weighted by molar-refractivity contribution is 5.29. The monoisotopic (exact) mass is 272 g/mol. The quantitative estimate of drug-likeness (QED) is 0.400. The van der Waals surface area contributed by atoms with E-state index in [1.165, 1.54) is 0 Å². The van der Waals surface area contributed by atoms with Crippen molar-refractivity contribution in [3.8, 4) is 0 Å². The largest absolute Gasteiger partial charge is 0.660 e. The molecule has 0 saturated carbocycles. The van der Waals surface area contributed by atoms with E-state index in [0.717, 1.165) is 26.2 Å². The molecule has 1 saturated heterocycles. The fraction of sp³-hybridized carbons (Fsp3) is 0.778. The van der Waals surface area contributed by atoms with Gasteiger partial charge in [-0.2, -0.15) is 5.01 Å². The molecule has 0 atom stereocenters. The molecule has 1 aromatic rings. The van der Waals surface area contributed by atoms with E-state index in [-0.39, 0.29) is 12.5 Å². The van der Waals surface area contributed by atoms with Crippen molar-refractivity contribution in [2.24, 2.45) is 0 Å². The van der Waals surface area contributed by atoms with Gasteiger partial charge in [-0.15, -0.1) is 10.1 Å². The number of aromatic nitrogens is 2. The van der Waals surface area contributed by atoms with Crippen LogP contribution in [0.4, 0.5) is 5.88 Å². The van der Waals surface area contributed by atoms with Gasteiger partial charge >= 0.3 is 0 Å². The first-order valence-electron chi connectivity index (χ1n) is 5.93. The summed E-state index contributed by atoms with van der Waals surface area (Å²) in [6.07, 6.45) is 0. The summed E-state index contributed by atoms with van der Waals surface area (Å²) in [5.74, 6) is 0.0572. The number of nitrogens with one attached hydrogen (secondary N) is 1. The van der Waals surface area contributed by atoms with E-state index in [1.807, 2.05) is 5.01 Å². The fourth-order valence-corrected chi connectivity index (χ4v) is 1.96. The summed E-state index contributed by atoms with van der Waals surface area (Å²) in [6, 6.07) is 0. The van der Waals surface area contributed by atoms with E-state index in [4.69, 9.17) is 10.3 Å². The van der Waals surface area contributed by atoms with Crippen LogP contribution < -0.4 is 9.80 Å². The van der Waals surface area contributed by atoms with Gasteiger partial charge in [0, 0.05) is 26.6 Å². The average molecular weight is 272 g/mol. The van der Waals surface area contributed by atoms with Gasteiger partial charge in [-0.25, -0.2) is 0 Å². The maximum absolute atomic E-state index is 10.0. The van der Waals surface area contributed by atoms with Crippen molar-refractivity contribution in [1.29, 1.82) is 0 Å². The average Bonchev–Trinajstić information content (AvgIpc) is 2.71. The van der Waals surface area contributed by atoms with Crippen LogP contribution in [0.1, 0.15) is 5.69 Å². The summed E-state index contributed by atoms with van der Waals surface area (Å²) in [6.45, 7) is 5.34. The predicted octanol–water partition coefficient (Wildman–Crippen LogP) is -0.584. The number of rotatable bonds is 5. The second kappa shape index (κ2) is 5.69. The molecule has 10 nitrogen and oxygen atoms in total. The zero-order chi connectivity index (χ0) is 13.8. The lowest BCUT2D eigenvalue weighted by atomic mass is 10.3. The molecule has 1 fully saturated rings. The van der Waals surface area contributed by atoms with E-state index in [1.54, 1.807) is 11.7 Å². The Morgan fingerprint density at radius 1 is 1.53 bits per heavy atom. The summed E-state index contributed by atoms with van der Waals surface area (Å²) in [5, 5.41) is 15.0. The van der Waals surface area contributed by atoms with Crippen LogP contribution >= 0.6 is 0 Å². The van der Waals surface area contributed by atoms with Crippen LogP contribution in [-0.4, -0.2) is 54.6 Å². The second-order valence-corrected chi connectivity index (χ2v) is 4.23. The first-order chi connectivity index (χ1) is 9.08. The van der Waals surface area contributed by atoms with Crippen molar-refractivity contribution >= 4 is 5.88 Å². The number of nitrogens with zero attached hydrogens (tertiary/aromatic N) is 5. The van der Waals surface area contributed by atoms with Gasteiger partial charge in [0.05, 0.1) is 17.9 Å². The molecule has 0 aliphatic carbocycles. The smallest absolute Gasteiger partial charge is 0.294 e. The molecular weight excluding hydrogens is 256 g/mol. The van der Waals surface area contributed by atoms with E-state index >= 15 is 0 Å². The number of piperazine rings is 1. The minimum atomic E-state index is -0.777. The molecule has 106 valence electrons. The van der Waals surface area contributed by atoms with Crippen molar-refractivity contribution in [1.82, 2.24) is 10.2 Å². The van der Waals surface area contributed by atoms with Gasteiger partial charge in [-0.1, -0.05) is 0 Å². The molecule has 1 aliphatic rings. The Balaban J connectivity index is 1.79. The first kappa shape index (κ1) is 13.3. The van der Waals surface area contributed by atoms with E-state index in [0.29, 0.717) is 12.2 Å². The molecule has 0 aromatic carbocycles. The van der Waals surface area contributed by atoms with Gasteiger partial charge in [0.25, 0.3) is 10.8 Å². The maximum atomic E-state index is 10.0. The molecule has 2 heterocycles. The molecule has 1 aromatic heterocycles. The first-order valence-corrected chi connectivity index (χ1v) is 5.93. The molecule has 0 spiro atoms. The van der Waals surface area contributed by atoms with Crippen molar-refractivity contribution in [3.63, 3.8) is 0 Å². The van der Waals surface area contributed by atoms with E-state index in [9.17, 15) is 10.1 Å². The summed E-state index contributed by atoms with van der Waals surface area (Å²) >= 11 is 0. The van der Waals surface area contributed by atoms with Crippen LogP contribution in [0.2, 0.25) is 0 Å². The van der Waals surface area contributed by atoms with Crippen molar-refractivity contribution in [2.75, 3.05) is 44.3 Å². The Morgan fingerprint density at radius 2 is 2.21 bits per heavy atom. The van der Waals surface area contributed by atoms with Crippen LogP contribution in [0.25, 0.3) is 5.73 Å². The van der Waals surface area contributed by atoms with Gasteiger partial charge in [0.2, 0.25) is 5.27 Å². The van der Waals surface area contributed by atoms with Gasteiger partial charge in [-0.05, 0) is 0 Å². The molecular formula is C9H16N6O4. The normalized spacial score (nSPS) is 16.6. The third-order valence-corrected chi connectivity index (χ3v) is 3.06. The molecule has 2 rings (SSSR count). The highest BCUT2D eigenvalue weighted by atomic mass is 16.9. The third kappa shape index (κ3) is 3.22. The van der Waals surface area contributed by atoms with Crippen LogP contribution in [0.15, 0.2) is 4.52 Å². The van der Waals surface area contributed by atoms with Crippen molar-refractivity contribution < 1.29 is 19.2 Å². The predicted molar refractivity (Wildman–Crippen MR) is 62.8 cm³/mol. The van der Waals surface area contributed by atoms with Gasteiger partial charge in [0.1, 0.15) is 12.5 Å². The van der Waals surface area contributed by atoms with Crippen LogP contribution in [0.5, 0.6) is 0 Å². The fourth-order valence-electron chi connectivity index (χ4n) is 1.96.